The third-order valence-electron chi connectivity index (χ3n) is 12.6. The van der Waals surface area contributed by atoms with Crippen LogP contribution in [0.4, 0.5) is 17.1 Å². The predicted octanol–water partition coefficient (Wildman–Crippen LogP) is 17.0. The standard InChI is InChI=1S/C58H36N2OS/c1-2-14-37(15-3-1)43-21-12-22-44(57(43)60-50-24-9-6-20-48(50)56-42-17-5-4-16-38(42)30-34-51(56)60)39-28-31-40(32-29-39)59(41-33-35-54-49(36-41)45-18-7-10-26-53(45)61-54)52-25-13-23-47-46-19-8-11-27-55(46)62-58(47)52/h1-36H. The highest BCUT2D eigenvalue weighted by atomic mass is 32.1. The minimum Gasteiger partial charge on any atom is -0.456 e. The van der Waals surface area contributed by atoms with Gasteiger partial charge in [0.2, 0.25) is 0 Å². The third-order valence-corrected chi connectivity index (χ3v) is 13.8. The number of thiophene rings is 1. The van der Waals surface area contributed by atoms with Gasteiger partial charge < -0.3 is 13.9 Å². The van der Waals surface area contributed by atoms with Crippen LogP contribution >= 0.6 is 11.3 Å². The van der Waals surface area contributed by atoms with E-state index in [1.165, 1.54) is 63.9 Å². The Bertz CT molecular complexity index is 3870. The number of fused-ring (bicyclic) bond motifs is 11. The van der Waals surface area contributed by atoms with Gasteiger partial charge in [0.1, 0.15) is 11.2 Å². The lowest BCUT2D eigenvalue weighted by atomic mass is 9.95. The van der Waals surface area contributed by atoms with E-state index in [4.69, 9.17) is 4.42 Å². The Balaban J connectivity index is 1.04. The number of benzene rings is 10. The molecular formula is C58H36N2OS. The number of rotatable bonds is 6. The Morgan fingerprint density at radius 1 is 0.403 bits per heavy atom. The van der Waals surface area contributed by atoms with Crippen LogP contribution in [0.5, 0.6) is 0 Å². The molecule has 0 unspecified atom stereocenters. The second-order valence-electron chi connectivity index (χ2n) is 16.0. The summed E-state index contributed by atoms with van der Waals surface area (Å²) in [4.78, 5) is 2.42. The van der Waals surface area contributed by atoms with Crippen molar-refractivity contribution in [1.82, 2.24) is 4.57 Å². The average molecular weight is 809 g/mol. The van der Waals surface area contributed by atoms with Crippen molar-refractivity contribution in [3.63, 3.8) is 0 Å². The Morgan fingerprint density at radius 3 is 1.90 bits per heavy atom. The first-order valence-corrected chi connectivity index (χ1v) is 21.9. The smallest absolute Gasteiger partial charge is 0.135 e. The van der Waals surface area contributed by atoms with Gasteiger partial charge in [-0.1, -0.05) is 158 Å². The fourth-order valence-electron chi connectivity index (χ4n) is 9.83. The first-order chi connectivity index (χ1) is 30.8. The molecule has 13 rings (SSSR count). The van der Waals surface area contributed by atoms with Gasteiger partial charge in [0.25, 0.3) is 0 Å². The van der Waals surface area contributed by atoms with Crippen LogP contribution in [0.2, 0.25) is 0 Å². The van der Waals surface area contributed by atoms with Crippen LogP contribution in [-0.4, -0.2) is 4.57 Å². The van der Waals surface area contributed by atoms with Crippen LogP contribution in [0.15, 0.2) is 223 Å². The van der Waals surface area contributed by atoms with Crippen molar-refractivity contribution in [2.45, 2.75) is 0 Å². The zero-order valence-corrected chi connectivity index (χ0v) is 34.3. The fourth-order valence-corrected chi connectivity index (χ4v) is 11.0. The van der Waals surface area contributed by atoms with Gasteiger partial charge in [-0.15, -0.1) is 11.3 Å². The summed E-state index contributed by atoms with van der Waals surface area (Å²) >= 11 is 1.85. The fraction of sp³-hybridized carbons (Fsp3) is 0. The molecule has 0 bridgehead atoms. The van der Waals surface area contributed by atoms with E-state index in [1.54, 1.807) is 0 Å². The van der Waals surface area contributed by atoms with E-state index in [0.717, 1.165) is 55.8 Å². The summed E-state index contributed by atoms with van der Waals surface area (Å²) in [7, 11) is 0. The first kappa shape index (κ1) is 34.9. The van der Waals surface area contributed by atoms with Crippen LogP contribution in [0.3, 0.4) is 0 Å². The van der Waals surface area contributed by atoms with Crippen molar-refractivity contribution in [1.29, 1.82) is 0 Å². The van der Waals surface area contributed by atoms with Crippen molar-refractivity contribution in [3.05, 3.63) is 218 Å². The summed E-state index contributed by atoms with van der Waals surface area (Å²) in [5.74, 6) is 0. The molecule has 0 spiro atoms. The molecule has 0 amide bonds. The molecule has 0 fully saturated rings. The molecule has 10 aromatic carbocycles. The summed E-state index contributed by atoms with van der Waals surface area (Å²) in [5.41, 5.74) is 13.3. The van der Waals surface area contributed by atoms with E-state index in [2.05, 4.69) is 216 Å². The SMILES string of the molecule is c1ccc(-c2cccc(-c3ccc(N(c4ccc5oc6ccccc6c5c4)c4cccc5c4sc4ccccc45)cc3)c2-n2c3ccccc3c3c4ccccc4ccc32)cc1. The minimum absolute atomic E-state index is 0.884. The quantitative estimate of drug-likeness (QED) is 0.167. The first-order valence-electron chi connectivity index (χ1n) is 21.1. The molecule has 3 nitrogen and oxygen atoms in total. The van der Waals surface area contributed by atoms with Gasteiger partial charge in [0, 0.05) is 59.5 Å². The van der Waals surface area contributed by atoms with E-state index < -0.39 is 0 Å². The molecule has 0 N–H and O–H groups in total. The van der Waals surface area contributed by atoms with Gasteiger partial charge in [-0.25, -0.2) is 0 Å². The second-order valence-corrected chi connectivity index (χ2v) is 17.1. The zero-order valence-electron chi connectivity index (χ0n) is 33.5. The molecule has 0 saturated heterocycles. The van der Waals surface area contributed by atoms with Gasteiger partial charge in [0.15, 0.2) is 0 Å². The van der Waals surface area contributed by atoms with Crippen molar-refractivity contribution < 1.29 is 4.42 Å². The predicted molar refractivity (Wildman–Crippen MR) is 264 cm³/mol. The molecule has 62 heavy (non-hydrogen) atoms. The van der Waals surface area contributed by atoms with Crippen molar-refractivity contribution >= 4 is 103 Å². The topological polar surface area (TPSA) is 21.3 Å². The molecule has 13 aromatic rings. The van der Waals surface area contributed by atoms with Crippen LogP contribution in [-0.2, 0) is 0 Å². The van der Waals surface area contributed by atoms with Gasteiger partial charge in [-0.05, 0) is 82.6 Å². The lowest BCUT2D eigenvalue weighted by Crippen LogP contribution is -2.10. The van der Waals surface area contributed by atoms with Crippen molar-refractivity contribution in [2.24, 2.45) is 0 Å². The van der Waals surface area contributed by atoms with E-state index in [9.17, 15) is 0 Å². The Labute approximate surface area is 361 Å². The highest BCUT2D eigenvalue weighted by Gasteiger charge is 2.23. The van der Waals surface area contributed by atoms with Gasteiger partial charge in [0.05, 0.1) is 27.1 Å². The molecule has 4 heteroatoms. The zero-order chi connectivity index (χ0) is 40.7. The molecule has 3 aromatic heterocycles. The van der Waals surface area contributed by atoms with E-state index in [-0.39, 0.29) is 0 Å². The molecule has 0 aliphatic heterocycles. The Morgan fingerprint density at radius 2 is 1.05 bits per heavy atom. The number of aromatic nitrogens is 1. The molecule has 0 radical (unpaired) electrons. The number of nitrogens with zero attached hydrogens (tertiary/aromatic N) is 2. The minimum atomic E-state index is 0.884. The monoisotopic (exact) mass is 808 g/mol. The maximum atomic E-state index is 6.31. The molecule has 3 heterocycles. The van der Waals surface area contributed by atoms with Crippen molar-refractivity contribution in [3.8, 4) is 27.9 Å². The van der Waals surface area contributed by atoms with E-state index in [0.29, 0.717) is 0 Å². The Hall–Kier alpha value is -7.92. The molecule has 0 aliphatic rings. The largest absolute Gasteiger partial charge is 0.456 e. The van der Waals surface area contributed by atoms with Crippen molar-refractivity contribution in [2.75, 3.05) is 4.90 Å². The van der Waals surface area contributed by atoms with Crippen LogP contribution in [0.25, 0.3) is 103 Å². The number of furan rings is 1. The molecule has 290 valence electrons. The van der Waals surface area contributed by atoms with Crippen LogP contribution in [0, 0.1) is 0 Å². The van der Waals surface area contributed by atoms with E-state index in [1.807, 2.05) is 23.5 Å². The average Bonchev–Trinajstić information content (AvgIpc) is 4.02. The van der Waals surface area contributed by atoms with Gasteiger partial charge >= 0.3 is 0 Å². The maximum Gasteiger partial charge on any atom is 0.135 e. The summed E-state index contributed by atoms with van der Waals surface area (Å²) in [6.07, 6.45) is 0. The lowest BCUT2D eigenvalue weighted by Gasteiger charge is -2.26. The number of hydrogen-bond donors (Lipinski definition) is 0. The van der Waals surface area contributed by atoms with Gasteiger partial charge in [-0.2, -0.15) is 0 Å². The number of para-hydroxylation sites is 3. The Kier molecular flexibility index (Phi) is 7.78. The molecule has 0 atom stereocenters. The summed E-state index contributed by atoms with van der Waals surface area (Å²) in [6.45, 7) is 0. The highest BCUT2D eigenvalue weighted by molar-refractivity contribution is 7.26. The normalized spacial score (nSPS) is 11.9. The van der Waals surface area contributed by atoms with Crippen LogP contribution < -0.4 is 4.90 Å². The highest BCUT2D eigenvalue weighted by Crippen LogP contribution is 2.47. The molecule has 0 aliphatic carbocycles. The number of anilines is 3. The molecular weight excluding hydrogens is 773 g/mol. The van der Waals surface area contributed by atoms with Gasteiger partial charge in [-0.3, -0.25) is 0 Å². The third kappa shape index (κ3) is 5.30. The molecule has 0 saturated carbocycles. The summed E-state index contributed by atoms with van der Waals surface area (Å²) in [6, 6.07) is 79.3. The number of hydrogen-bond acceptors (Lipinski definition) is 3. The van der Waals surface area contributed by atoms with E-state index >= 15 is 0 Å². The summed E-state index contributed by atoms with van der Waals surface area (Å²) in [5, 5.41) is 9.79. The van der Waals surface area contributed by atoms with Crippen LogP contribution in [0.1, 0.15) is 0 Å². The second kappa shape index (κ2) is 13.8. The maximum absolute atomic E-state index is 6.31. The summed E-state index contributed by atoms with van der Waals surface area (Å²) < 4.78 is 11.4. The lowest BCUT2D eigenvalue weighted by molar-refractivity contribution is 0.669.